The zero-order valence-electron chi connectivity index (χ0n) is 14.3. The minimum absolute atomic E-state index is 0.168. The van der Waals surface area contributed by atoms with Crippen LogP contribution in [0.2, 0.25) is 5.02 Å². The van der Waals surface area contributed by atoms with E-state index in [1.54, 1.807) is 30.3 Å². The van der Waals surface area contributed by atoms with Crippen LogP contribution in [0, 0.1) is 0 Å². The van der Waals surface area contributed by atoms with Crippen LogP contribution in [0.1, 0.15) is 27.3 Å². The second-order valence-electron chi connectivity index (χ2n) is 5.81. The van der Waals surface area contributed by atoms with E-state index in [1.165, 1.54) is 12.3 Å². The number of pyridine rings is 1. The quantitative estimate of drug-likeness (QED) is 0.744. The molecule has 132 valence electrons. The highest BCUT2D eigenvalue weighted by Gasteiger charge is 2.12. The van der Waals surface area contributed by atoms with Gasteiger partial charge in [-0.25, -0.2) is 0 Å². The Morgan fingerprint density at radius 2 is 1.96 bits per heavy atom. The van der Waals surface area contributed by atoms with E-state index in [4.69, 9.17) is 11.6 Å². The number of carbonyl (C=O) groups is 2. The van der Waals surface area contributed by atoms with Gasteiger partial charge in [-0.3, -0.25) is 14.6 Å². The lowest BCUT2D eigenvalue weighted by molar-refractivity contribution is 0.0952. The van der Waals surface area contributed by atoms with Gasteiger partial charge in [-0.1, -0.05) is 17.7 Å². The van der Waals surface area contributed by atoms with Gasteiger partial charge in [0.2, 0.25) is 0 Å². The van der Waals surface area contributed by atoms with Crippen LogP contribution >= 0.6 is 11.6 Å². The number of anilines is 1. The van der Waals surface area contributed by atoms with Crippen molar-refractivity contribution in [1.82, 2.24) is 15.2 Å². The molecule has 25 heavy (non-hydrogen) atoms. The predicted octanol–water partition coefficient (Wildman–Crippen LogP) is 2.67. The maximum Gasteiger partial charge on any atom is 0.274 e. The number of rotatable bonds is 7. The van der Waals surface area contributed by atoms with E-state index in [1.807, 2.05) is 14.1 Å². The third kappa shape index (κ3) is 6.17. The zero-order valence-corrected chi connectivity index (χ0v) is 15.0. The summed E-state index contributed by atoms with van der Waals surface area (Å²) in [6.07, 6.45) is 2.30. The fourth-order valence-corrected chi connectivity index (χ4v) is 2.35. The lowest BCUT2D eigenvalue weighted by Crippen LogP contribution is -2.27. The van der Waals surface area contributed by atoms with Gasteiger partial charge in [0.1, 0.15) is 5.69 Å². The molecule has 2 aromatic rings. The van der Waals surface area contributed by atoms with Crippen molar-refractivity contribution < 1.29 is 9.59 Å². The second kappa shape index (κ2) is 9.15. The number of nitrogens with zero attached hydrogens (tertiary/aromatic N) is 2. The predicted molar refractivity (Wildman–Crippen MR) is 99.1 cm³/mol. The minimum Gasteiger partial charge on any atom is -0.352 e. The molecule has 0 saturated carbocycles. The molecule has 6 nitrogen and oxygen atoms in total. The third-order valence-electron chi connectivity index (χ3n) is 3.40. The van der Waals surface area contributed by atoms with Gasteiger partial charge in [-0.2, -0.15) is 0 Å². The first-order chi connectivity index (χ1) is 12.0. The van der Waals surface area contributed by atoms with Crippen LogP contribution in [0.3, 0.4) is 0 Å². The molecular formula is C18H21ClN4O2. The Bertz CT molecular complexity index is 749. The number of benzene rings is 1. The summed E-state index contributed by atoms with van der Waals surface area (Å²) >= 11 is 5.90. The average molecular weight is 361 g/mol. The van der Waals surface area contributed by atoms with Crippen LogP contribution in [0.5, 0.6) is 0 Å². The molecule has 0 unspecified atom stereocenters. The third-order valence-corrected chi connectivity index (χ3v) is 3.64. The average Bonchev–Trinajstić information content (AvgIpc) is 2.58. The molecule has 2 amide bonds. The van der Waals surface area contributed by atoms with Gasteiger partial charge in [-0.05, 0) is 57.4 Å². The van der Waals surface area contributed by atoms with Gasteiger partial charge in [0.25, 0.3) is 11.8 Å². The van der Waals surface area contributed by atoms with E-state index >= 15 is 0 Å². The van der Waals surface area contributed by atoms with E-state index in [-0.39, 0.29) is 11.6 Å². The van der Waals surface area contributed by atoms with Gasteiger partial charge in [0, 0.05) is 29.0 Å². The highest BCUT2D eigenvalue weighted by atomic mass is 35.5. The molecule has 7 heteroatoms. The standard InChI is InChI=1S/C18H21ClN4O2/c1-23(2)10-4-8-21-17(24)13-7-9-20-16(11-13)18(25)22-15-6-3-5-14(19)12-15/h3,5-7,9,11-12H,4,8,10H2,1-2H3,(H,21,24)(H,22,25). The molecule has 0 aliphatic carbocycles. The van der Waals surface area contributed by atoms with E-state index in [0.29, 0.717) is 22.8 Å². The molecule has 0 spiro atoms. The van der Waals surface area contributed by atoms with Crippen molar-refractivity contribution in [2.24, 2.45) is 0 Å². The van der Waals surface area contributed by atoms with Crippen LogP contribution in [0.4, 0.5) is 5.69 Å². The Kier molecular flexibility index (Phi) is 6.91. The van der Waals surface area contributed by atoms with Crippen molar-refractivity contribution in [1.29, 1.82) is 0 Å². The van der Waals surface area contributed by atoms with Gasteiger partial charge in [-0.15, -0.1) is 0 Å². The summed E-state index contributed by atoms with van der Waals surface area (Å²) in [5.74, 6) is -0.623. The minimum atomic E-state index is -0.399. The molecule has 2 N–H and O–H groups in total. The SMILES string of the molecule is CN(C)CCCNC(=O)c1ccnc(C(=O)Nc2cccc(Cl)c2)c1. The Labute approximate surface area is 152 Å². The van der Waals surface area contributed by atoms with Crippen molar-refractivity contribution in [2.45, 2.75) is 6.42 Å². The smallest absolute Gasteiger partial charge is 0.274 e. The largest absolute Gasteiger partial charge is 0.352 e. The molecule has 0 atom stereocenters. The van der Waals surface area contributed by atoms with Gasteiger partial charge in [0.15, 0.2) is 0 Å². The molecule has 0 bridgehead atoms. The number of carbonyl (C=O) groups excluding carboxylic acids is 2. The van der Waals surface area contributed by atoms with Crippen LogP contribution in [0.15, 0.2) is 42.6 Å². The van der Waals surface area contributed by atoms with Crippen molar-refractivity contribution in [3.05, 3.63) is 58.9 Å². The van der Waals surface area contributed by atoms with Gasteiger partial charge < -0.3 is 15.5 Å². The van der Waals surface area contributed by atoms with Crippen molar-refractivity contribution in [3.63, 3.8) is 0 Å². The fraction of sp³-hybridized carbons (Fsp3) is 0.278. The molecule has 0 aliphatic heterocycles. The van der Waals surface area contributed by atoms with Crippen LogP contribution in [-0.2, 0) is 0 Å². The Morgan fingerprint density at radius 1 is 1.16 bits per heavy atom. The number of nitrogens with one attached hydrogen (secondary N) is 2. The van der Waals surface area contributed by atoms with Crippen LogP contribution in [-0.4, -0.2) is 48.9 Å². The first-order valence-electron chi connectivity index (χ1n) is 7.91. The number of amides is 2. The number of hydrogen-bond donors (Lipinski definition) is 2. The van der Waals surface area contributed by atoms with Crippen molar-refractivity contribution in [2.75, 3.05) is 32.5 Å². The zero-order chi connectivity index (χ0) is 18.2. The van der Waals surface area contributed by atoms with Crippen molar-refractivity contribution >= 4 is 29.1 Å². The van der Waals surface area contributed by atoms with Crippen molar-refractivity contribution in [3.8, 4) is 0 Å². The Balaban J connectivity index is 1.97. The lowest BCUT2D eigenvalue weighted by atomic mass is 10.2. The summed E-state index contributed by atoms with van der Waals surface area (Å²) in [7, 11) is 3.96. The summed E-state index contributed by atoms with van der Waals surface area (Å²) in [6, 6.07) is 9.88. The first kappa shape index (κ1) is 18.9. The monoisotopic (exact) mass is 360 g/mol. The number of hydrogen-bond acceptors (Lipinski definition) is 4. The number of aromatic nitrogens is 1. The number of halogens is 1. The summed E-state index contributed by atoms with van der Waals surface area (Å²) in [5, 5.41) is 6.07. The molecule has 1 heterocycles. The molecule has 0 aliphatic rings. The van der Waals surface area contributed by atoms with Gasteiger partial charge >= 0.3 is 0 Å². The first-order valence-corrected chi connectivity index (χ1v) is 8.29. The Morgan fingerprint density at radius 3 is 2.68 bits per heavy atom. The Hall–Kier alpha value is -2.44. The molecule has 1 aromatic heterocycles. The van der Waals surface area contributed by atoms with E-state index < -0.39 is 5.91 Å². The maximum atomic E-state index is 12.3. The maximum absolute atomic E-state index is 12.3. The van der Waals surface area contributed by atoms with E-state index in [9.17, 15) is 9.59 Å². The lowest BCUT2D eigenvalue weighted by Gasteiger charge is -2.10. The molecule has 0 saturated heterocycles. The molecule has 0 radical (unpaired) electrons. The molecular weight excluding hydrogens is 340 g/mol. The summed E-state index contributed by atoms with van der Waals surface area (Å²) in [6.45, 7) is 1.47. The molecule has 0 fully saturated rings. The molecule has 1 aromatic carbocycles. The van der Waals surface area contributed by atoms with Crippen LogP contribution < -0.4 is 10.6 Å². The topological polar surface area (TPSA) is 74.3 Å². The van der Waals surface area contributed by atoms with Gasteiger partial charge in [0.05, 0.1) is 0 Å². The summed E-state index contributed by atoms with van der Waals surface area (Å²) in [4.78, 5) is 30.5. The highest BCUT2D eigenvalue weighted by molar-refractivity contribution is 6.30. The van der Waals surface area contributed by atoms with E-state index in [2.05, 4.69) is 20.5 Å². The normalized spacial score (nSPS) is 10.6. The van der Waals surface area contributed by atoms with Crippen LogP contribution in [0.25, 0.3) is 0 Å². The molecule has 2 rings (SSSR count). The summed E-state index contributed by atoms with van der Waals surface area (Å²) < 4.78 is 0. The van der Waals surface area contributed by atoms with E-state index in [0.717, 1.165) is 13.0 Å². The second-order valence-corrected chi connectivity index (χ2v) is 6.24. The summed E-state index contributed by atoms with van der Waals surface area (Å²) in [5.41, 5.74) is 1.13. The highest BCUT2D eigenvalue weighted by Crippen LogP contribution is 2.15. The fourth-order valence-electron chi connectivity index (χ4n) is 2.16.